The van der Waals surface area contributed by atoms with Crippen molar-refractivity contribution in [2.45, 2.75) is 25.2 Å². The Morgan fingerprint density at radius 2 is 1.94 bits per heavy atom. The molecule has 1 aromatic rings. The standard InChI is InChI=1S/C15H13ClO2/c16-12-8-4-3-7-11(12)13-14(17)9-5-1-2-6-10(9)15(13)18/h3-5,7-8,10,13H,1-2,6H2. The maximum Gasteiger partial charge on any atom is 0.174 e. The third kappa shape index (κ3) is 1.64. The van der Waals surface area contributed by atoms with E-state index in [1.807, 2.05) is 18.2 Å². The van der Waals surface area contributed by atoms with Crippen molar-refractivity contribution in [3.8, 4) is 0 Å². The maximum absolute atomic E-state index is 12.4. The number of Topliss-reactive ketones (excluding diaryl/α,β-unsaturated/α-hetero) is 2. The zero-order valence-corrected chi connectivity index (χ0v) is 10.6. The maximum atomic E-state index is 12.4. The van der Waals surface area contributed by atoms with E-state index in [2.05, 4.69) is 0 Å². The molecule has 2 aliphatic carbocycles. The molecule has 92 valence electrons. The molecular formula is C15H13ClO2. The smallest absolute Gasteiger partial charge is 0.174 e. The zero-order valence-electron chi connectivity index (χ0n) is 9.86. The molecule has 0 bridgehead atoms. The second-order valence-corrected chi connectivity index (χ2v) is 5.27. The van der Waals surface area contributed by atoms with Crippen molar-refractivity contribution in [2.24, 2.45) is 5.92 Å². The second-order valence-electron chi connectivity index (χ2n) is 4.86. The molecule has 1 fully saturated rings. The van der Waals surface area contributed by atoms with Crippen molar-refractivity contribution < 1.29 is 9.59 Å². The third-order valence-electron chi connectivity index (χ3n) is 3.83. The van der Waals surface area contributed by atoms with Crippen LogP contribution in [0.3, 0.4) is 0 Å². The van der Waals surface area contributed by atoms with Crippen molar-refractivity contribution >= 4 is 23.2 Å². The van der Waals surface area contributed by atoms with Gasteiger partial charge in [0.25, 0.3) is 0 Å². The number of carbonyl (C=O) groups excluding carboxylic acids is 2. The van der Waals surface area contributed by atoms with Crippen LogP contribution in [-0.4, -0.2) is 11.6 Å². The minimum absolute atomic E-state index is 0.0269. The summed E-state index contributed by atoms with van der Waals surface area (Å²) >= 11 is 6.11. The molecule has 1 aromatic carbocycles. The van der Waals surface area contributed by atoms with Crippen LogP contribution in [0.5, 0.6) is 0 Å². The van der Waals surface area contributed by atoms with Gasteiger partial charge in [0.2, 0.25) is 0 Å². The number of halogens is 1. The normalized spacial score (nSPS) is 27.1. The second kappa shape index (κ2) is 4.36. The Bertz CT molecular complexity index is 559. The molecule has 0 aromatic heterocycles. The lowest BCUT2D eigenvalue weighted by Gasteiger charge is -2.13. The molecule has 18 heavy (non-hydrogen) atoms. The van der Waals surface area contributed by atoms with Gasteiger partial charge < -0.3 is 0 Å². The zero-order chi connectivity index (χ0) is 12.7. The van der Waals surface area contributed by atoms with Gasteiger partial charge in [-0.1, -0.05) is 35.9 Å². The monoisotopic (exact) mass is 260 g/mol. The highest BCUT2D eigenvalue weighted by Crippen LogP contribution is 2.42. The van der Waals surface area contributed by atoms with Crippen molar-refractivity contribution in [3.05, 3.63) is 46.5 Å². The summed E-state index contributed by atoms with van der Waals surface area (Å²) in [5, 5.41) is 0.503. The largest absolute Gasteiger partial charge is 0.298 e. The Morgan fingerprint density at radius 3 is 2.67 bits per heavy atom. The van der Waals surface area contributed by atoms with Crippen LogP contribution in [0.25, 0.3) is 0 Å². The van der Waals surface area contributed by atoms with E-state index in [0.717, 1.165) is 24.8 Å². The molecule has 2 atom stereocenters. The van der Waals surface area contributed by atoms with Crippen LogP contribution in [0.4, 0.5) is 0 Å². The molecule has 2 nitrogen and oxygen atoms in total. The Kier molecular flexibility index (Phi) is 2.83. The number of carbonyl (C=O) groups is 2. The molecule has 0 aliphatic heterocycles. The highest BCUT2D eigenvalue weighted by atomic mass is 35.5. The Labute approximate surface area is 111 Å². The number of hydrogen-bond donors (Lipinski definition) is 0. The fourth-order valence-electron chi connectivity index (χ4n) is 2.95. The predicted molar refractivity (Wildman–Crippen MR) is 69.6 cm³/mol. The first-order valence-corrected chi connectivity index (χ1v) is 6.60. The molecule has 3 rings (SSSR count). The SMILES string of the molecule is O=C1C2=CCCCC2C(=O)C1c1ccccc1Cl. The number of ketones is 2. The van der Waals surface area contributed by atoms with Gasteiger partial charge in [0.1, 0.15) is 5.92 Å². The average molecular weight is 261 g/mol. The summed E-state index contributed by atoms with van der Waals surface area (Å²) in [4.78, 5) is 24.7. The molecule has 0 amide bonds. The minimum Gasteiger partial charge on any atom is -0.298 e. The summed E-state index contributed by atoms with van der Waals surface area (Å²) in [5.74, 6) is -0.877. The topological polar surface area (TPSA) is 34.1 Å². The van der Waals surface area contributed by atoms with Crippen molar-refractivity contribution in [1.29, 1.82) is 0 Å². The molecule has 0 heterocycles. The number of benzene rings is 1. The first-order valence-electron chi connectivity index (χ1n) is 6.22. The first-order chi connectivity index (χ1) is 8.70. The van der Waals surface area contributed by atoms with Crippen LogP contribution < -0.4 is 0 Å². The summed E-state index contributed by atoms with van der Waals surface area (Å²) in [7, 11) is 0. The lowest BCUT2D eigenvalue weighted by Crippen LogP contribution is -2.16. The summed E-state index contributed by atoms with van der Waals surface area (Å²) in [6.45, 7) is 0. The molecular weight excluding hydrogens is 248 g/mol. The summed E-state index contributed by atoms with van der Waals surface area (Å²) in [6, 6.07) is 7.13. The fourth-order valence-corrected chi connectivity index (χ4v) is 3.19. The van der Waals surface area contributed by atoms with E-state index in [0.29, 0.717) is 10.6 Å². The number of fused-ring (bicyclic) bond motifs is 1. The van der Waals surface area contributed by atoms with Crippen molar-refractivity contribution in [3.63, 3.8) is 0 Å². The van der Waals surface area contributed by atoms with E-state index in [4.69, 9.17) is 11.6 Å². The quantitative estimate of drug-likeness (QED) is 0.726. The molecule has 0 N–H and O–H groups in total. The van der Waals surface area contributed by atoms with E-state index in [1.165, 1.54) is 0 Å². The van der Waals surface area contributed by atoms with Gasteiger partial charge in [-0.2, -0.15) is 0 Å². The van der Waals surface area contributed by atoms with E-state index < -0.39 is 5.92 Å². The van der Waals surface area contributed by atoms with Crippen LogP contribution in [0, 0.1) is 5.92 Å². The van der Waals surface area contributed by atoms with Gasteiger partial charge in [0.05, 0.1) is 0 Å². The van der Waals surface area contributed by atoms with Crippen LogP contribution in [0.15, 0.2) is 35.9 Å². The number of allylic oxidation sites excluding steroid dienone is 2. The van der Waals surface area contributed by atoms with Gasteiger partial charge in [-0.3, -0.25) is 9.59 Å². The lowest BCUT2D eigenvalue weighted by molar-refractivity contribution is -0.124. The summed E-state index contributed by atoms with van der Waals surface area (Å²) in [6.07, 6.45) is 4.63. The van der Waals surface area contributed by atoms with Gasteiger partial charge in [-0.15, -0.1) is 0 Å². The summed E-state index contributed by atoms with van der Waals surface area (Å²) < 4.78 is 0. The van der Waals surface area contributed by atoms with Gasteiger partial charge in [0, 0.05) is 16.5 Å². The predicted octanol–water partition coefficient (Wildman–Crippen LogP) is 3.30. The van der Waals surface area contributed by atoms with Crippen LogP contribution >= 0.6 is 11.6 Å². The van der Waals surface area contributed by atoms with E-state index in [1.54, 1.807) is 12.1 Å². The van der Waals surface area contributed by atoms with Crippen molar-refractivity contribution in [2.75, 3.05) is 0 Å². The average Bonchev–Trinajstić information content (AvgIpc) is 2.64. The Hall–Kier alpha value is -1.41. The highest BCUT2D eigenvalue weighted by Gasteiger charge is 2.46. The summed E-state index contributed by atoms with van der Waals surface area (Å²) in [5.41, 5.74) is 1.38. The van der Waals surface area contributed by atoms with Gasteiger partial charge in [-0.05, 0) is 30.9 Å². The molecule has 0 saturated heterocycles. The van der Waals surface area contributed by atoms with Gasteiger partial charge in [-0.25, -0.2) is 0 Å². The van der Waals surface area contributed by atoms with E-state index in [9.17, 15) is 9.59 Å². The van der Waals surface area contributed by atoms with Crippen LogP contribution in [0.1, 0.15) is 30.7 Å². The first kappa shape index (κ1) is 11.7. The van der Waals surface area contributed by atoms with Crippen LogP contribution in [-0.2, 0) is 9.59 Å². The van der Waals surface area contributed by atoms with Gasteiger partial charge in [0.15, 0.2) is 11.6 Å². The number of rotatable bonds is 1. The molecule has 0 radical (unpaired) electrons. The molecule has 0 spiro atoms. The molecule has 2 unspecified atom stereocenters. The minimum atomic E-state index is -0.673. The Balaban J connectivity index is 2.07. The molecule has 3 heteroatoms. The van der Waals surface area contributed by atoms with E-state index in [-0.39, 0.29) is 17.5 Å². The Morgan fingerprint density at radius 1 is 1.17 bits per heavy atom. The highest BCUT2D eigenvalue weighted by molar-refractivity contribution is 6.33. The van der Waals surface area contributed by atoms with Crippen LogP contribution in [0.2, 0.25) is 5.02 Å². The molecule has 1 saturated carbocycles. The van der Waals surface area contributed by atoms with E-state index >= 15 is 0 Å². The molecule has 2 aliphatic rings. The number of hydrogen-bond acceptors (Lipinski definition) is 2. The van der Waals surface area contributed by atoms with Crippen molar-refractivity contribution in [1.82, 2.24) is 0 Å². The third-order valence-corrected chi connectivity index (χ3v) is 4.17. The lowest BCUT2D eigenvalue weighted by atomic mass is 9.89. The van der Waals surface area contributed by atoms with Gasteiger partial charge >= 0.3 is 0 Å². The fraction of sp³-hybridized carbons (Fsp3) is 0.333.